The molecule has 1 aliphatic heterocycles. The summed E-state index contributed by atoms with van der Waals surface area (Å²) in [5.41, 5.74) is 1.50. The molecule has 2 heteroatoms. The number of allylic oxidation sites excluding steroid dienone is 1. The van der Waals surface area contributed by atoms with Crippen LogP contribution in [0.4, 0.5) is 0 Å². The molecule has 1 saturated carbocycles. The van der Waals surface area contributed by atoms with Crippen molar-refractivity contribution in [3.8, 4) is 0 Å². The summed E-state index contributed by atoms with van der Waals surface area (Å²) < 4.78 is 6.05. The van der Waals surface area contributed by atoms with E-state index in [1.54, 1.807) is 0 Å². The Hall–Kier alpha value is -0.395. The third-order valence-electron chi connectivity index (χ3n) is 4.14. The van der Waals surface area contributed by atoms with E-state index in [1.165, 1.54) is 37.0 Å². The van der Waals surface area contributed by atoms with Gasteiger partial charge in [0.05, 0.1) is 5.76 Å². The molecule has 0 N–H and O–H groups in total. The normalized spacial score (nSPS) is 43.1. The molecule has 0 saturated heterocycles. The van der Waals surface area contributed by atoms with Gasteiger partial charge in [-0.2, -0.15) is 0 Å². The second kappa shape index (κ2) is 3.32. The molecule has 1 nitrogen and oxygen atoms in total. The minimum atomic E-state index is 0.361. The molecule has 78 valence electrons. The third-order valence-corrected chi connectivity index (χ3v) is 4.14. The molecule has 0 spiro atoms. The lowest BCUT2D eigenvalue weighted by molar-refractivity contribution is 0.0758. The Morgan fingerprint density at radius 2 is 2.07 bits per heavy atom. The van der Waals surface area contributed by atoms with Crippen molar-refractivity contribution in [1.29, 1.82) is 0 Å². The van der Waals surface area contributed by atoms with E-state index < -0.39 is 0 Å². The minimum absolute atomic E-state index is 0.361. The zero-order chi connectivity index (χ0) is 10.3. The van der Waals surface area contributed by atoms with E-state index in [4.69, 9.17) is 4.74 Å². The highest BCUT2D eigenvalue weighted by atomic mass is 16.5. The average molecular weight is 192 g/mol. The van der Waals surface area contributed by atoms with Crippen molar-refractivity contribution in [2.45, 2.75) is 57.9 Å². The molecule has 2 aliphatic rings. The van der Waals surface area contributed by atoms with Crippen molar-refractivity contribution in [2.75, 3.05) is 0 Å². The van der Waals surface area contributed by atoms with Gasteiger partial charge in [0, 0.05) is 5.92 Å². The molecule has 2 rings (SSSR count). The topological polar surface area (TPSA) is 9.23 Å². The van der Waals surface area contributed by atoms with Gasteiger partial charge < -0.3 is 4.74 Å². The van der Waals surface area contributed by atoms with Gasteiger partial charge in [0.1, 0.15) is 14.0 Å². The standard InChI is InChI=1S/C12H21BO/c1-8-9(2)14-11-10(8)6-4-5-7-12(11,3)13/h10-11H,4-7,13H2,1-3H3. The summed E-state index contributed by atoms with van der Waals surface area (Å²) in [6.45, 7) is 6.74. The van der Waals surface area contributed by atoms with Crippen molar-refractivity contribution in [3.63, 3.8) is 0 Å². The Morgan fingerprint density at radius 3 is 2.79 bits per heavy atom. The van der Waals surface area contributed by atoms with Crippen LogP contribution in [0.3, 0.4) is 0 Å². The maximum Gasteiger partial charge on any atom is 0.113 e. The molecule has 1 aliphatic carbocycles. The van der Waals surface area contributed by atoms with Gasteiger partial charge in [-0.3, -0.25) is 0 Å². The molecule has 0 bridgehead atoms. The summed E-state index contributed by atoms with van der Waals surface area (Å²) in [5.74, 6) is 1.89. The Balaban J connectivity index is 2.26. The number of hydrogen-bond acceptors (Lipinski definition) is 1. The first kappa shape index (κ1) is 10.1. The molecular weight excluding hydrogens is 171 g/mol. The number of hydrogen-bond donors (Lipinski definition) is 0. The van der Waals surface area contributed by atoms with Gasteiger partial charge in [-0.25, -0.2) is 0 Å². The predicted octanol–water partition coefficient (Wildman–Crippen LogP) is 2.68. The highest BCUT2D eigenvalue weighted by molar-refractivity contribution is 6.15. The van der Waals surface area contributed by atoms with E-state index in [2.05, 4.69) is 28.6 Å². The summed E-state index contributed by atoms with van der Waals surface area (Å²) in [4.78, 5) is 0. The molecule has 0 aromatic rings. The lowest BCUT2D eigenvalue weighted by Gasteiger charge is -2.33. The second-order valence-electron chi connectivity index (χ2n) is 5.62. The molecule has 14 heavy (non-hydrogen) atoms. The zero-order valence-electron chi connectivity index (χ0n) is 9.89. The van der Waals surface area contributed by atoms with Gasteiger partial charge in [0.15, 0.2) is 0 Å². The first-order chi connectivity index (χ1) is 6.52. The molecular formula is C12H21BO. The molecule has 0 aromatic carbocycles. The van der Waals surface area contributed by atoms with Crippen LogP contribution >= 0.6 is 0 Å². The van der Waals surface area contributed by atoms with Gasteiger partial charge in [0.2, 0.25) is 0 Å². The summed E-state index contributed by atoms with van der Waals surface area (Å²) in [7, 11) is 2.36. The fourth-order valence-corrected chi connectivity index (χ4v) is 3.01. The van der Waals surface area contributed by atoms with Crippen molar-refractivity contribution in [2.24, 2.45) is 5.92 Å². The number of ether oxygens (including phenoxy) is 1. The van der Waals surface area contributed by atoms with Crippen LogP contribution in [0.15, 0.2) is 11.3 Å². The predicted molar refractivity (Wildman–Crippen MR) is 62.1 cm³/mol. The van der Waals surface area contributed by atoms with E-state index in [1.807, 2.05) is 0 Å². The minimum Gasteiger partial charge on any atom is -0.495 e. The summed E-state index contributed by atoms with van der Waals surface area (Å²) in [6, 6.07) is 0. The van der Waals surface area contributed by atoms with Crippen molar-refractivity contribution in [3.05, 3.63) is 11.3 Å². The highest BCUT2D eigenvalue weighted by Crippen LogP contribution is 2.49. The Morgan fingerprint density at radius 1 is 1.36 bits per heavy atom. The van der Waals surface area contributed by atoms with Crippen molar-refractivity contribution < 1.29 is 4.74 Å². The fraction of sp³-hybridized carbons (Fsp3) is 0.833. The van der Waals surface area contributed by atoms with Gasteiger partial charge in [-0.1, -0.05) is 26.2 Å². The van der Waals surface area contributed by atoms with Crippen LogP contribution in [0.1, 0.15) is 46.5 Å². The van der Waals surface area contributed by atoms with Gasteiger partial charge >= 0.3 is 0 Å². The van der Waals surface area contributed by atoms with Crippen LogP contribution in [0, 0.1) is 5.92 Å². The summed E-state index contributed by atoms with van der Waals surface area (Å²) >= 11 is 0. The van der Waals surface area contributed by atoms with E-state index in [9.17, 15) is 0 Å². The van der Waals surface area contributed by atoms with Crippen LogP contribution < -0.4 is 0 Å². The van der Waals surface area contributed by atoms with Crippen LogP contribution in [0.2, 0.25) is 5.31 Å². The monoisotopic (exact) mass is 192 g/mol. The maximum atomic E-state index is 6.05. The van der Waals surface area contributed by atoms with Crippen LogP contribution in [0.25, 0.3) is 0 Å². The van der Waals surface area contributed by atoms with E-state index >= 15 is 0 Å². The maximum absolute atomic E-state index is 6.05. The molecule has 3 unspecified atom stereocenters. The molecule has 1 heterocycles. The molecule has 1 fully saturated rings. The number of fused-ring (bicyclic) bond motifs is 1. The van der Waals surface area contributed by atoms with Gasteiger partial charge in [-0.05, 0) is 31.2 Å². The molecule has 0 aromatic heterocycles. The Labute approximate surface area is 88.3 Å². The summed E-state index contributed by atoms with van der Waals surface area (Å²) in [5, 5.41) is 0.361. The molecule has 0 amide bonds. The largest absolute Gasteiger partial charge is 0.495 e. The Bertz CT molecular complexity index is 267. The lowest BCUT2D eigenvalue weighted by atomic mass is 9.61. The lowest BCUT2D eigenvalue weighted by Crippen LogP contribution is -2.30. The molecule has 0 radical (unpaired) electrons. The highest BCUT2D eigenvalue weighted by Gasteiger charge is 2.43. The molecule has 3 atom stereocenters. The summed E-state index contributed by atoms with van der Waals surface area (Å²) in [6.07, 6.45) is 5.84. The van der Waals surface area contributed by atoms with E-state index in [0.29, 0.717) is 17.3 Å². The number of rotatable bonds is 0. The van der Waals surface area contributed by atoms with Gasteiger partial charge in [-0.15, -0.1) is 0 Å². The Kier molecular flexibility index (Phi) is 2.40. The first-order valence-corrected chi connectivity index (χ1v) is 5.86. The van der Waals surface area contributed by atoms with Crippen LogP contribution in [-0.2, 0) is 4.74 Å². The average Bonchev–Trinajstić information content (AvgIpc) is 2.30. The third kappa shape index (κ3) is 1.49. The quantitative estimate of drug-likeness (QED) is 0.536. The van der Waals surface area contributed by atoms with Gasteiger partial charge in [0.25, 0.3) is 0 Å². The van der Waals surface area contributed by atoms with Crippen molar-refractivity contribution in [1.82, 2.24) is 0 Å². The fourth-order valence-electron chi connectivity index (χ4n) is 3.01. The SMILES string of the molecule is BC1(C)CCCCC2C(C)=C(C)OC21. The smallest absolute Gasteiger partial charge is 0.113 e. The second-order valence-corrected chi connectivity index (χ2v) is 5.62. The van der Waals surface area contributed by atoms with E-state index in [-0.39, 0.29) is 0 Å². The first-order valence-electron chi connectivity index (χ1n) is 5.86. The van der Waals surface area contributed by atoms with Crippen LogP contribution in [0.5, 0.6) is 0 Å². The van der Waals surface area contributed by atoms with Crippen LogP contribution in [-0.4, -0.2) is 14.0 Å². The van der Waals surface area contributed by atoms with E-state index in [0.717, 1.165) is 0 Å². The van der Waals surface area contributed by atoms with Crippen molar-refractivity contribution >= 4 is 7.85 Å². The zero-order valence-corrected chi connectivity index (χ0v) is 9.89.